The number of unbranched alkanes of at least 4 members (excludes halogenated alkanes) is 1. The van der Waals surface area contributed by atoms with Crippen LogP contribution < -0.4 is 10.1 Å². The predicted octanol–water partition coefficient (Wildman–Crippen LogP) is 2.67. The maximum atomic E-state index is 5.22. The van der Waals surface area contributed by atoms with Gasteiger partial charge in [0.15, 0.2) is 0 Å². The van der Waals surface area contributed by atoms with Crippen molar-refractivity contribution in [3.8, 4) is 5.75 Å². The van der Waals surface area contributed by atoms with E-state index in [9.17, 15) is 0 Å². The number of nitrogens with one attached hydrogen (secondary N) is 1. The van der Waals surface area contributed by atoms with E-state index in [0.717, 1.165) is 31.6 Å². The number of pyridine rings is 1. The molecule has 0 aliphatic heterocycles. The van der Waals surface area contributed by atoms with Crippen molar-refractivity contribution in [1.29, 1.82) is 0 Å². The molecule has 1 aliphatic carbocycles. The van der Waals surface area contributed by atoms with Gasteiger partial charge in [0.25, 0.3) is 0 Å². The number of rotatable bonds is 5. The molecule has 1 aromatic rings. The van der Waals surface area contributed by atoms with Gasteiger partial charge in [0.1, 0.15) is 5.75 Å². The lowest BCUT2D eigenvalue weighted by Gasteiger charge is -2.25. The summed E-state index contributed by atoms with van der Waals surface area (Å²) in [5.41, 5.74) is 2.55. The minimum absolute atomic E-state index is 0.413. The van der Waals surface area contributed by atoms with E-state index in [0.29, 0.717) is 6.04 Å². The number of aryl methyl sites for hydroxylation is 1. The summed E-state index contributed by atoms with van der Waals surface area (Å²) in [5, 5.41) is 3.57. The molecule has 1 aliphatic rings. The van der Waals surface area contributed by atoms with Gasteiger partial charge in [-0.1, -0.05) is 13.3 Å². The Labute approximate surface area is 104 Å². The molecule has 0 spiro atoms. The summed E-state index contributed by atoms with van der Waals surface area (Å²) >= 11 is 0. The zero-order valence-electron chi connectivity index (χ0n) is 10.5. The van der Waals surface area contributed by atoms with Crippen molar-refractivity contribution in [2.45, 2.75) is 38.1 Å². The Morgan fingerprint density at radius 1 is 1.59 bits per heavy atom. The topological polar surface area (TPSA) is 34.1 Å². The van der Waals surface area contributed by atoms with Crippen LogP contribution in [0.1, 0.15) is 43.0 Å². The fraction of sp³-hybridized carbons (Fsp3) is 0.571. The summed E-state index contributed by atoms with van der Waals surface area (Å²) in [4.78, 5) is 4.55. The molecule has 0 amide bonds. The van der Waals surface area contributed by atoms with E-state index in [-0.39, 0.29) is 0 Å². The lowest BCUT2D eigenvalue weighted by molar-refractivity contribution is 0.405. The third kappa shape index (κ3) is 2.97. The third-order valence-electron chi connectivity index (χ3n) is 3.30. The van der Waals surface area contributed by atoms with Crippen molar-refractivity contribution < 1.29 is 4.74 Å². The van der Waals surface area contributed by atoms with Gasteiger partial charge in [-0.15, -0.1) is 0 Å². The second-order valence-electron chi connectivity index (χ2n) is 4.53. The molecule has 1 unspecified atom stereocenters. The van der Waals surface area contributed by atoms with Crippen molar-refractivity contribution in [2.24, 2.45) is 0 Å². The van der Waals surface area contributed by atoms with E-state index in [2.05, 4.69) is 23.3 Å². The first kappa shape index (κ1) is 12.4. The summed E-state index contributed by atoms with van der Waals surface area (Å²) in [7, 11) is 1.69. The standard InChI is InChI=1S/C14H21N2O/c1-3-4-8-15-13-7-5-6-11-9-12(17-2)10-16-14(11)13/h9-10,13,15H,1,3-8H2,2H3. The van der Waals surface area contributed by atoms with E-state index in [1.807, 2.05) is 6.20 Å². The van der Waals surface area contributed by atoms with Gasteiger partial charge in [-0.3, -0.25) is 4.98 Å². The average Bonchev–Trinajstić information content (AvgIpc) is 2.38. The Morgan fingerprint density at radius 2 is 2.47 bits per heavy atom. The Hall–Kier alpha value is -1.09. The molecule has 0 fully saturated rings. The van der Waals surface area contributed by atoms with Crippen LogP contribution in [0.3, 0.4) is 0 Å². The molecule has 1 radical (unpaired) electrons. The van der Waals surface area contributed by atoms with Gasteiger partial charge in [0.05, 0.1) is 19.0 Å². The lowest BCUT2D eigenvalue weighted by atomic mass is 9.91. The van der Waals surface area contributed by atoms with Crippen LogP contribution in [0.2, 0.25) is 0 Å². The first-order chi connectivity index (χ1) is 8.35. The molecule has 17 heavy (non-hydrogen) atoms. The van der Waals surface area contributed by atoms with Gasteiger partial charge in [-0.05, 0) is 43.9 Å². The van der Waals surface area contributed by atoms with E-state index < -0.39 is 0 Å². The molecule has 3 heteroatoms. The predicted molar refractivity (Wildman–Crippen MR) is 69.1 cm³/mol. The van der Waals surface area contributed by atoms with Gasteiger partial charge in [0, 0.05) is 6.04 Å². The highest BCUT2D eigenvalue weighted by molar-refractivity contribution is 5.32. The molecule has 1 N–H and O–H groups in total. The Balaban J connectivity index is 2.08. The summed E-state index contributed by atoms with van der Waals surface area (Å²) < 4.78 is 5.22. The number of hydrogen-bond acceptors (Lipinski definition) is 3. The Morgan fingerprint density at radius 3 is 3.24 bits per heavy atom. The van der Waals surface area contributed by atoms with Crippen molar-refractivity contribution in [1.82, 2.24) is 10.3 Å². The monoisotopic (exact) mass is 233 g/mol. The van der Waals surface area contributed by atoms with Gasteiger partial charge in [-0.25, -0.2) is 0 Å². The van der Waals surface area contributed by atoms with Crippen molar-refractivity contribution in [3.63, 3.8) is 0 Å². The van der Waals surface area contributed by atoms with Crippen molar-refractivity contribution >= 4 is 0 Å². The van der Waals surface area contributed by atoms with Crippen LogP contribution in [0.15, 0.2) is 12.3 Å². The zero-order chi connectivity index (χ0) is 12.1. The van der Waals surface area contributed by atoms with Crippen LogP contribution in [-0.2, 0) is 6.42 Å². The van der Waals surface area contributed by atoms with Crippen LogP contribution in [0.4, 0.5) is 0 Å². The molecule has 0 aromatic carbocycles. The SMILES string of the molecule is [CH2]CCCNC1CCCc2cc(OC)cnc21. The fourth-order valence-corrected chi connectivity index (χ4v) is 2.36. The largest absolute Gasteiger partial charge is 0.495 e. The third-order valence-corrected chi connectivity index (χ3v) is 3.30. The maximum Gasteiger partial charge on any atom is 0.137 e. The molecule has 0 bridgehead atoms. The van der Waals surface area contributed by atoms with Gasteiger partial charge >= 0.3 is 0 Å². The summed E-state index contributed by atoms with van der Waals surface area (Å²) in [6.07, 6.45) is 7.46. The average molecular weight is 233 g/mol. The van der Waals surface area contributed by atoms with E-state index >= 15 is 0 Å². The molecule has 0 saturated carbocycles. The number of hydrogen-bond donors (Lipinski definition) is 1. The molecule has 3 nitrogen and oxygen atoms in total. The maximum absolute atomic E-state index is 5.22. The molecule has 1 aromatic heterocycles. The molecular weight excluding hydrogens is 212 g/mol. The van der Waals surface area contributed by atoms with Crippen LogP contribution in [-0.4, -0.2) is 18.6 Å². The number of methoxy groups -OCH3 is 1. The highest BCUT2D eigenvalue weighted by Gasteiger charge is 2.21. The molecule has 1 heterocycles. The normalized spacial score (nSPS) is 18.8. The molecule has 0 saturated heterocycles. The van der Waals surface area contributed by atoms with Gasteiger partial charge in [-0.2, -0.15) is 0 Å². The highest BCUT2D eigenvalue weighted by atomic mass is 16.5. The molecule has 2 rings (SSSR count). The van der Waals surface area contributed by atoms with Gasteiger partial charge < -0.3 is 10.1 Å². The minimum Gasteiger partial charge on any atom is -0.495 e. The second kappa shape index (κ2) is 6.01. The Bertz CT molecular complexity index is 365. The first-order valence-electron chi connectivity index (χ1n) is 6.40. The summed E-state index contributed by atoms with van der Waals surface area (Å²) in [5.74, 6) is 0.863. The Kier molecular flexibility index (Phi) is 4.37. The lowest BCUT2D eigenvalue weighted by Crippen LogP contribution is -2.27. The summed E-state index contributed by atoms with van der Waals surface area (Å²) in [6, 6.07) is 2.54. The number of ether oxygens (including phenoxy) is 1. The summed E-state index contributed by atoms with van der Waals surface area (Å²) in [6.45, 7) is 4.89. The van der Waals surface area contributed by atoms with Crippen LogP contribution in [0.5, 0.6) is 5.75 Å². The van der Waals surface area contributed by atoms with E-state index in [1.54, 1.807) is 7.11 Å². The highest BCUT2D eigenvalue weighted by Crippen LogP contribution is 2.30. The number of nitrogens with zero attached hydrogens (tertiary/aromatic N) is 1. The second-order valence-corrected chi connectivity index (χ2v) is 4.53. The van der Waals surface area contributed by atoms with Crippen molar-refractivity contribution in [2.75, 3.05) is 13.7 Å². The molecular formula is C14H21N2O. The number of aromatic nitrogens is 1. The quantitative estimate of drug-likeness (QED) is 0.794. The van der Waals surface area contributed by atoms with Crippen LogP contribution >= 0.6 is 0 Å². The van der Waals surface area contributed by atoms with E-state index in [4.69, 9.17) is 4.74 Å². The fourth-order valence-electron chi connectivity index (χ4n) is 2.36. The van der Waals surface area contributed by atoms with E-state index in [1.165, 1.54) is 24.1 Å². The number of fused-ring (bicyclic) bond motifs is 1. The smallest absolute Gasteiger partial charge is 0.137 e. The zero-order valence-corrected chi connectivity index (χ0v) is 10.5. The molecule has 1 atom stereocenters. The van der Waals surface area contributed by atoms with Crippen LogP contribution in [0.25, 0.3) is 0 Å². The first-order valence-corrected chi connectivity index (χ1v) is 6.40. The van der Waals surface area contributed by atoms with Crippen molar-refractivity contribution in [3.05, 3.63) is 30.4 Å². The van der Waals surface area contributed by atoms with Gasteiger partial charge in [0.2, 0.25) is 0 Å². The van der Waals surface area contributed by atoms with Crippen LogP contribution in [0, 0.1) is 6.92 Å². The minimum atomic E-state index is 0.413. The molecule has 93 valence electrons.